The Balaban J connectivity index is 1.07. The van der Waals surface area contributed by atoms with Gasteiger partial charge in [0.1, 0.15) is 6.04 Å². The summed E-state index contributed by atoms with van der Waals surface area (Å²) in [7, 11) is -5.00. The standard InChI is InChI=1S/C44H47N4O9P/c1-24(2)28-10-11-29-17-26(7-8-30(29)18-28)23-57-25(3)35(15-16-40(45)50)47-42(51)38-21-31-6-4-5-27-9-12-32(43(52)48(38)41(27)31)22-39(49)37-20-34-19-33(13-14-36(34)46-37)44(53)58(54,55)56/h4-8,10-11,13-14,17-20,24-25,32,35,38,46H,9,12,15-16,21-23H2,1-3H3,(H2,45,50)(H,47,51)(H2,54,55,56)/t25-,32-,35+,38+/m1/s1. The Labute approximate surface area is 335 Å². The third kappa shape index (κ3) is 8.54. The number of nitrogens with two attached hydrogens (primary N) is 1. The zero-order chi connectivity index (χ0) is 41.5. The number of aromatic nitrogens is 1. The summed E-state index contributed by atoms with van der Waals surface area (Å²) in [5.74, 6) is -1.98. The predicted molar refractivity (Wildman–Crippen MR) is 219 cm³/mol. The topological polar surface area (TPSA) is 209 Å². The Bertz CT molecular complexity index is 2510. The molecule has 6 N–H and O–H groups in total. The second kappa shape index (κ2) is 16.4. The van der Waals surface area contributed by atoms with Crippen LogP contribution < -0.4 is 16.0 Å². The van der Waals surface area contributed by atoms with Crippen molar-refractivity contribution < 1.29 is 43.1 Å². The van der Waals surface area contributed by atoms with E-state index in [9.17, 15) is 38.3 Å². The van der Waals surface area contributed by atoms with E-state index in [1.165, 1.54) is 34.7 Å². The Morgan fingerprint density at radius 3 is 2.43 bits per heavy atom. The molecule has 3 heterocycles. The number of anilines is 1. The normalized spacial score (nSPS) is 17.6. The van der Waals surface area contributed by atoms with Crippen LogP contribution in [0.25, 0.3) is 21.7 Å². The minimum atomic E-state index is -5.00. The highest BCUT2D eigenvalue weighted by Crippen LogP contribution is 2.42. The number of primary amides is 1. The van der Waals surface area contributed by atoms with Crippen molar-refractivity contribution in [2.45, 2.75) is 90.0 Å². The van der Waals surface area contributed by atoms with Crippen LogP contribution in [-0.2, 0) is 43.1 Å². The van der Waals surface area contributed by atoms with Crippen molar-refractivity contribution in [1.29, 1.82) is 0 Å². The minimum Gasteiger partial charge on any atom is -0.372 e. The van der Waals surface area contributed by atoms with Gasteiger partial charge in [-0.15, -0.1) is 0 Å². The molecule has 0 saturated heterocycles. The van der Waals surface area contributed by atoms with Gasteiger partial charge in [-0.05, 0) is 95.5 Å². The zero-order valence-electron chi connectivity index (χ0n) is 32.6. The van der Waals surface area contributed by atoms with E-state index in [2.05, 4.69) is 54.5 Å². The number of carbonyl (C=O) groups excluding carboxylic acids is 5. The van der Waals surface area contributed by atoms with Crippen LogP contribution in [0.2, 0.25) is 0 Å². The number of hydrogen-bond donors (Lipinski definition) is 5. The number of aromatic amines is 1. The number of fused-ring (bicyclic) bond motifs is 2. The molecule has 0 spiro atoms. The highest BCUT2D eigenvalue weighted by atomic mass is 31.2. The maximum Gasteiger partial charge on any atom is 0.396 e. The summed E-state index contributed by atoms with van der Waals surface area (Å²) in [4.78, 5) is 89.7. The van der Waals surface area contributed by atoms with Crippen LogP contribution in [0.15, 0.2) is 78.9 Å². The number of para-hydroxylation sites is 1. The number of ketones is 1. The van der Waals surface area contributed by atoms with E-state index < -0.39 is 49.0 Å². The molecule has 58 heavy (non-hydrogen) atoms. The maximum absolute atomic E-state index is 14.5. The molecule has 7 rings (SSSR count). The summed E-state index contributed by atoms with van der Waals surface area (Å²) in [6, 6.07) is 22.3. The number of hydrogen-bond acceptors (Lipinski definition) is 7. The molecule has 4 atom stereocenters. The van der Waals surface area contributed by atoms with Gasteiger partial charge in [0.2, 0.25) is 17.7 Å². The second-order valence-electron chi connectivity index (χ2n) is 15.8. The molecular weight excluding hydrogens is 759 g/mol. The lowest BCUT2D eigenvalue weighted by atomic mass is 9.93. The van der Waals surface area contributed by atoms with Gasteiger partial charge in [0, 0.05) is 41.6 Å². The summed E-state index contributed by atoms with van der Waals surface area (Å²) < 4.78 is 17.8. The van der Waals surface area contributed by atoms with E-state index in [1.807, 2.05) is 31.2 Å². The smallest absolute Gasteiger partial charge is 0.372 e. The first-order chi connectivity index (χ1) is 27.6. The number of nitrogens with one attached hydrogen (secondary N) is 2. The quantitative estimate of drug-likeness (QED) is 0.0601. The van der Waals surface area contributed by atoms with Crippen molar-refractivity contribution in [3.8, 4) is 0 Å². The summed E-state index contributed by atoms with van der Waals surface area (Å²) in [5, 5.41) is 5.72. The van der Waals surface area contributed by atoms with Crippen molar-refractivity contribution in [3.05, 3.63) is 112 Å². The fourth-order valence-corrected chi connectivity index (χ4v) is 8.59. The average Bonchev–Trinajstić information content (AvgIpc) is 3.77. The number of aryl methyl sites for hydroxylation is 1. The first-order valence-corrected chi connectivity index (χ1v) is 21.1. The van der Waals surface area contributed by atoms with Gasteiger partial charge in [-0.3, -0.25) is 33.4 Å². The zero-order valence-corrected chi connectivity index (χ0v) is 33.5. The van der Waals surface area contributed by atoms with Gasteiger partial charge in [-0.1, -0.05) is 62.4 Å². The summed E-state index contributed by atoms with van der Waals surface area (Å²) in [6.07, 6.45) is 0.719. The van der Waals surface area contributed by atoms with Crippen LogP contribution in [-0.4, -0.2) is 62.0 Å². The molecule has 0 fully saturated rings. The predicted octanol–water partition coefficient (Wildman–Crippen LogP) is 6.21. The summed E-state index contributed by atoms with van der Waals surface area (Å²) >= 11 is 0. The number of H-pyrrole nitrogens is 1. The third-order valence-electron chi connectivity index (χ3n) is 11.4. The highest BCUT2D eigenvalue weighted by Gasteiger charge is 2.44. The van der Waals surface area contributed by atoms with E-state index in [1.54, 1.807) is 0 Å². The summed E-state index contributed by atoms with van der Waals surface area (Å²) in [5.41, 5.74) is 9.34. The van der Waals surface area contributed by atoms with Gasteiger partial charge in [-0.25, -0.2) is 0 Å². The molecule has 0 radical (unpaired) electrons. The number of ether oxygens (including phenoxy) is 1. The Morgan fingerprint density at radius 1 is 0.948 bits per heavy atom. The molecule has 1 aromatic heterocycles. The molecule has 4 aromatic carbocycles. The monoisotopic (exact) mass is 806 g/mol. The Kier molecular flexibility index (Phi) is 11.5. The lowest BCUT2D eigenvalue weighted by molar-refractivity contribution is -0.129. The number of nitrogens with zero attached hydrogens (tertiary/aromatic N) is 1. The number of amides is 3. The van der Waals surface area contributed by atoms with Crippen LogP contribution in [0, 0.1) is 5.92 Å². The van der Waals surface area contributed by atoms with Crippen LogP contribution in [0.1, 0.15) is 95.5 Å². The van der Waals surface area contributed by atoms with Crippen molar-refractivity contribution in [1.82, 2.24) is 10.3 Å². The van der Waals surface area contributed by atoms with Gasteiger partial charge < -0.3 is 30.6 Å². The number of carbonyl (C=O) groups is 5. The lowest BCUT2D eigenvalue weighted by Gasteiger charge is -2.31. The molecule has 302 valence electrons. The van der Waals surface area contributed by atoms with Gasteiger partial charge in [0.25, 0.3) is 5.52 Å². The van der Waals surface area contributed by atoms with Crippen LogP contribution >= 0.6 is 7.60 Å². The molecule has 0 saturated carbocycles. The first kappa shape index (κ1) is 40.7. The van der Waals surface area contributed by atoms with Gasteiger partial charge in [0.05, 0.1) is 30.1 Å². The van der Waals surface area contributed by atoms with Crippen LogP contribution in [0.4, 0.5) is 5.69 Å². The van der Waals surface area contributed by atoms with E-state index in [0.717, 1.165) is 27.5 Å². The summed E-state index contributed by atoms with van der Waals surface area (Å²) in [6.45, 7) is 6.42. The van der Waals surface area contributed by atoms with E-state index in [4.69, 9.17) is 10.5 Å². The molecule has 14 heteroatoms. The van der Waals surface area contributed by atoms with Crippen molar-refractivity contribution >= 4 is 64.0 Å². The number of rotatable bonds is 15. The minimum absolute atomic E-state index is 0.0176. The van der Waals surface area contributed by atoms with E-state index in [-0.39, 0.29) is 55.2 Å². The van der Waals surface area contributed by atoms with Crippen molar-refractivity contribution in [2.24, 2.45) is 11.7 Å². The molecule has 0 bridgehead atoms. The molecular formula is C44H47N4O9P. The molecule has 13 nitrogen and oxygen atoms in total. The molecule has 2 aliphatic rings. The van der Waals surface area contributed by atoms with E-state index in [0.29, 0.717) is 35.3 Å². The number of Topliss-reactive ketones (excluding diaryl/α,β-unsaturated/α-hetero) is 1. The SMILES string of the molecule is CC(C)c1ccc2cc(CO[C@H](C)[C@H](CCC(N)=O)NC(=O)[C@@H]3Cc4cccc5c4N3C(=O)[C@@H](CC(=O)c3cc4cc(C(=O)P(=O)(O)O)ccc4[nH]3)CC5)ccc2c1. The Morgan fingerprint density at radius 2 is 1.69 bits per heavy atom. The van der Waals surface area contributed by atoms with Gasteiger partial charge >= 0.3 is 7.60 Å². The van der Waals surface area contributed by atoms with Crippen molar-refractivity contribution in [3.63, 3.8) is 0 Å². The van der Waals surface area contributed by atoms with Crippen LogP contribution in [0.5, 0.6) is 0 Å². The van der Waals surface area contributed by atoms with E-state index >= 15 is 0 Å². The van der Waals surface area contributed by atoms with Gasteiger partial charge in [-0.2, -0.15) is 0 Å². The second-order valence-corrected chi connectivity index (χ2v) is 17.3. The van der Waals surface area contributed by atoms with Crippen LogP contribution in [0.3, 0.4) is 0 Å². The number of benzene rings is 4. The lowest BCUT2D eigenvalue weighted by Crippen LogP contribution is -2.54. The molecule has 2 aliphatic heterocycles. The molecule has 3 amide bonds. The highest BCUT2D eigenvalue weighted by molar-refractivity contribution is 7.70. The largest absolute Gasteiger partial charge is 0.396 e. The van der Waals surface area contributed by atoms with Crippen molar-refractivity contribution in [2.75, 3.05) is 4.90 Å². The third-order valence-corrected chi connectivity index (χ3v) is 12.2. The van der Waals surface area contributed by atoms with Gasteiger partial charge in [0.15, 0.2) is 5.78 Å². The molecule has 5 aromatic rings. The molecule has 0 aliphatic carbocycles. The molecule has 0 unspecified atom stereocenters. The fraction of sp³-hybridized carbons (Fsp3) is 0.341. The maximum atomic E-state index is 14.5. The first-order valence-electron chi connectivity index (χ1n) is 19.5. The fourth-order valence-electron chi connectivity index (χ4n) is 8.11. The average molecular weight is 807 g/mol. The Hall–Kier alpha value is -5.46.